The number of hydrogen-bond donors (Lipinski definition) is 0. The normalized spacial score (nSPS) is 11.1. The molecule has 4 rings (SSSR count). The van der Waals surface area contributed by atoms with Crippen LogP contribution in [0.25, 0.3) is 22.9 Å². The van der Waals surface area contributed by atoms with Gasteiger partial charge in [0.2, 0.25) is 0 Å². The fourth-order valence-electron chi connectivity index (χ4n) is 2.86. The predicted octanol–water partition coefficient (Wildman–Crippen LogP) is 6.59. The van der Waals surface area contributed by atoms with Gasteiger partial charge < -0.3 is 4.74 Å². The van der Waals surface area contributed by atoms with Crippen molar-refractivity contribution in [3.8, 4) is 23.1 Å². The number of allylic oxidation sites excluding steroid dienone is 1. The van der Waals surface area contributed by atoms with Crippen LogP contribution in [0.5, 0.6) is 5.75 Å². The zero-order valence-electron chi connectivity index (χ0n) is 16.0. The van der Waals surface area contributed by atoms with Gasteiger partial charge in [0.25, 0.3) is 0 Å². The first-order valence-electron chi connectivity index (χ1n) is 9.32. The van der Waals surface area contributed by atoms with Crippen molar-refractivity contribution in [2.45, 2.75) is 6.61 Å². The first-order chi connectivity index (χ1) is 14.7. The molecule has 0 spiro atoms. The highest BCUT2D eigenvalue weighted by molar-refractivity contribution is 7.11. The van der Waals surface area contributed by atoms with Gasteiger partial charge >= 0.3 is 0 Å². The van der Waals surface area contributed by atoms with Crippen LogP contribution in [0.3, 0.4) is 0 Å². The molecule has 3 nitrogen and oxygen atoms in total. The summed E-state index contributed by atoms with van der Waals surface area (Å²) in [7, 11) is 0. The number of rotatable bonds is 6. The lowest BCUT2D eigenvalue weighted by Crippen LogP contribution is -1.94. The molecule has 0 aliphatic heterocycles. The van der Waals surface area contributed by atoms with Gasteiger partial charge in [-0.05, 0) is 53.6 Å². The second-order valence-electron chi connectivity index (χ2n) is 6.56. The summed E-state index contributed by atoms with van der Waals surface area (Å²) >= 11 is 1.39. The van der Waals surface area contributed by atoms with Crippen molar-refractivity contribution < 1.29 is 9.13 Å². The zero-order chi connectivity index (χ0) is 20.8. The number of halogens is 1. The Kier molecular flexibility index (Phi) is 5.98. The van der Waals surface area contributed by atoms with E-state index in [0.717, 1.165) is 28.1 Å². The van der Waals surface area contributed by atoms with Crippen molar-refractivity contribution >= 4 is 23.0 Å². The van der Waals surface area contributed by atoms with E-state index in [1.165, 1.54) is 23.5 Å². The van der Waals surface area contributed by atoms with Crippen LogP contribution in [0.2, 0.25) is 0 Å². The maximum absolute atomic E-state index is 13.1. The second-order valence-corrected chi connectivity index (χ2v) is 7.42. The van der Waals surface area contributed by atoms with E-state index in [1.807, 2.05) is 60.0 Å². The zero-order valence-corrected chi connectivity index (χ0v) is 16.8. The average molecular weight is 412 g/mol. The van der Waals surface area contributed by atoms with Crippen molar-refractivity contribution in [2.75, 3.05) is 0 Å². The van der Waals surface area contributed by atoms with E-state index in [9.17, 15) is 9.65 Å². The highest BCUT2D eigenvalue weighted by atomic mass is 32.1. The number of nitrogens with zero attached hydrogens (tertiary/aromatic N) is 2. The van der Waals surface area contributed by atoms with Gasteiger partial charge in [-0.25, -0.2) is 9.37 Å². The molecule has 0 unspecified atom stereocenters. The Bertz CT molecular complexity index is 1190. The molecule has 0 saturated carbocycles. The molecular weight excluding hydrogens is 395 g/mol. The smallest absolute Gasteiger partial charge is 0.134 e. The quantitative estimate of drug-likeness (QED) is 0.336. The van der Waals surface area contributed by atoms with E-state index < -0.39 is 0 Å². The summed E-state index contributed by atoms with van der Waals surface area (Å²) in [6, 6.07) is 25.9. The van der Waals surface area contributed by atoms with Gasteiger partial charge in [0.1, 0.15) is 29.3 Å². The van der Waals surface area contributed by atoms with Crippen LogP contribution in [0.1, 0.15) is 16.1 Å². The van der Waals surface area contributed by atoms with Gasteiger partial charge in [0, 0.05) is 10.9 Å². The van der Waals surface area contributed by atoms with Crippen LogP contribution in [0.4, 0.5) is 4.39 Å². The maximum atomic E-state index is 13.1. The Hall–Kier alpha value is -3.75. The number of benzene rings is 3. The van der Waals surface area contributed by atoms with Crippen LogP contribution in [-0.4, -0.2) is 4.98 Å². The molecule has 0 radical (unpaired) electrons. The molecular formula is C25H17FN2OS. The van der Waals surface area contributed by atoms with Crippen LogP contribution < -0.4 is 4.74 Å². The van der Waals surface area contributed by atoms with Gasteiger partial charge in [-0.3, -0.25) is 0 Å². The van der Waals surface area contributed by atoms with Gasteiger partial charge in [-0.1, -0.05) is 42.5 Å². The Morgan fingerprint density at radius 2 is 1.73 bits per heavy atom. The molecule has 0 bridgehead atoms. The molecule has 0 saturated heterocycles. The third-order valence-corrected chi connectivity index (χ3v) is 5.31. The van der Waals surface area contributed by atoms with E-state index in [2.05, 4.69) is 11.1 Å². The van der Waals surface area contributed by atoms with Crippen LogP contribution in [0.15, 0.2) is 84.2 Å². The molecule has 0 N–H and O–H groups in total. The molecule has 0 amide bonds. The summed E-state index contributed by atoms with van der Waals surface area (Å²) < 4.78 is 18.9. The molecule has 1 aromatic heterocycles. The Balaban J connectivity index is 1.47. The molecule has 0 atom stereocenters. The fraction of sp³-hybridized carbons (Fsp3) is 0.0400. The molecule has 4 aromatic rings. The van der Waals surface area contributed by atoms with Gasteiger partial charge in [0.15, 0.2) is 0 Å². The minimum Gasteiger partial charge on any atom is -0.489 e. The minimum absolute atomic E-state index is 0.289. The second kappa shape index (κ2) is 9.17. The van der Waals surface area contributed by atoms with E-state index in [-0.39, 0.29) is 5.82 Å². The lowest BCUT2D eigenvalue weighted by Gasteiger charge is -2.06. The molecule has 30 heavy (non-hydrogen) atoms. The molecule has 5 heteroatoms. The molecule has 1 heterocycles. The topological polar surface area (TPSA) is 45.9 Å². The van der Waals surface area contributed by atoms with Gasteiger partial charge in [0.05, 0.1) is 11.3 Å². The van der Waals surface area contributed by atoms with Gasteiger partial charge in [-0.15, -0.1) is 11.3 Å². The summed E-state index contributed by atoms with van der Waals surface area (Å²) in [6.07, 6.45) is 1.80. The number of hydrogen-bond acceptors (Lipinski definition) is 4. The van der Waals surface area contributed by atoms with E-state index in [1.54, 1.807) is 18.2 Å². The van der Waals surface area contributed by atoms with Gasteiger partial charge in [-0.2, -0.15) is 5.26 Å². The summed E-state index contributed by atoms with van der Waals surface area (Å²) in [5.41, 5.74) is 4.01. The van der Waals surface area contributed by atoms with E-state index >= 15 is 0 Å². The lowest BCUT2D eigenvalue weighted by atomic mass is 10.1. The van der Waals surface area contributed by atoms with Crippen LogP contribution >= 0.6 is 11.3 Å². The lowest BCUT2D eigenvalue weighted by molar-refractivity contribution is 0.306. The molecule has 0 fully saturated rings. The number of ether oxygens (including phenoxy) is 1. The highest BCUT2D eigenvalue weighted by Crippen LogP contribution is 2.27. The predicted molar refractivity (Wildman–Crippen MR) is 118 cm³/mol. The highest BCUT2D eigenvalue weighted by Gasteiger charge is 2.09. The van der Waals surface area contributed by atoms with E-state index in [4.69, 9.17) is 4.74 Å². The van der Waals surface area contributed by atoms with Crippen molar-refractivity contribution in [3.63, 3.8) is 0 Å². The van der Waals surface area contributed by atoms with Crippen LogP contribution in [0, 0.1) is 17.1 Å². The fourth-order valence-corrected chi connectivity index (χ4v) is 3.66. The monoisotopic (exact) mass is 412 g/mol. The molecule has 0 aliphatic carbocycles. The van der Waals surface area contributed by atoms with Crippen molar-refractivity contribution in [1.82, 2.24) is 4.98 Å². The first kappa shape index (κ1) is 19.6. The maximum Gasteiger partial charge on any atom is 0.134 e. The summed E-state index contributed by atoms with van der Waals surface area (Å²) in [6.45, 7) is 0.505. The number of thiazole rings is 1. The third-order valence-electron chi connectivity index (χ3n) is 4.43. The van der Waals surface area contributed by atoms with Crippen LogP contribution in [-0.2, 0) is 6.61 Å². The number of nitriles is 1. The largest absolute Gasteiger partial charge is 0.489 e. The average Bonchev–Trinajstić information content (AvgIpc) is 3.28. The van der Waals surface area contributed by atoms with Crippen molar-refractivity contribution in [3.05, 3.63) is 106 Å². The third kappa shape index (κ3) is 4.80. The number of aromatic nitrogens is 1. The minimum atomic E-state index is -0.289. The Morgan fingerprint density at radius 1 is 1.00 bits per heavy atom. The summed E-state index contributed by atoms with van der Waals surface area (Å²) in [5, 5.41) is 12.1. The standard InChI is InChI=1S/C25H17FN2OS/c26-22-10-8-20(9-11-22)24-17-30-25(28-24)21(15-27)14-18-6-12-23(13-7-18)29-16-19-4-2-1-3-5-19/h1-14,17H,16H2/b21-14+. The Labute approximate surface area is 178 Å². The van der Waals surface area contributed by atoms with Crippen molar-refractivity contribution in [2.24, 2.45) is 0 Å². The van der Waals surface area contributed by atoms with Crippen molar-refractivity contribution in [1.29, 1.82) is 5.26 Å². The summed E-state index contributed by atoms with van der Waals surface area (Å²) in [4.78, 5) is 4.54. The SMILES string of the molecule is N#C/C(=C\c1ccc(OCc2ccccc2)cc1)c1nc(-c2ccc(F)cc2)cs1. The summed E-state index contributed by atoms with van der Waals surface area (Å²) in [5.74, 6) is 0.477. The molecule has 146 valence electrons. The first-order valence-corrected chi connectivity index (χ1v) is 10.2. The Morgan fingerprint density at radius 3 is 2.43 bits per heavy atom. The van der Waals surface area contributed by atoms with E-state index in [0.29, 0.717) is 17.2 Å². The molecule has 0 aliphatic rings. The molecule has 3 aromatic carbocycles.